The molecule has 1 aromatic carbocycles. The number of carbonyl (C=O) groups excluding carboxylic acids is 2. The Balaban J connectivity index is 2.59. The van der Waals surface area contributed by atoms with Crippen molar-refractivity contribution >= 4 is 11.9 Å². The Morgan fingerprint density at radius 3 is 2.33 bits per heavy atom. The van der Waals surface area contributed by atoms with Gasteiger partial charge >= 0.3 is 5.97 Å². The van der Waals surface area contributed by atoms with Crippen molar-refractivity contribution in [2.45, 2.75) is 34.1 Å². The predicted molar refractivity (Wildman–Crippen MR) is 82.7 cm³/mol. The van der Waals surface area contributed by atoms with Crippen molar-refractivity contribution in [1.82, 2.24) is 5.32 Å². The van der Waals surface area contributed by atoms with Crippen LogP contribution in [0.3, 0.4) is 0 Å². The zero-order chi connectivity index (χ0) is 15.9. The minimum atomic E-state index is -0.784. The number of nitrogens with one attached hydrogen (secondary N) is 1. The molecule has 1 atom stereocenters. The van der Waals surface area contributed by atoms with E-state index in [2.05, 4.69) is 5.32 Å². The van der Waals surface area contributed by atoms with E-state index in [-0.39, 0.29) is 12.5 Å². The molecule has 0 radical (unpaired) electrons. The first-order chi connectivity index (χ1) is 9.86. The lowest BCUT2D eigenvalue weighted by Crippen LogP contribution is -2.44. The summed E-state index contributed by atoms with van der Waals surface area (Å²) in [6, 6.07) is 9.91. The van der Waals surface area contributed by atoms with Gasteiger partial charge in [0.15, 0.2) is 0 Å². The number of amides is 1. The molecule has 0 saturated carbocycles. The van der Waals surface area contributed by atoms with Gasteiger partial charge < -0.3 is 10.1 Å². The van der Waals surface area contributed by atoms with Crippen LogP contribution in [0.5, 0.6) is 0 Å². The largest absolute Gasteiger partial charge is 0.465 e. The monoisotopic (exact) mass is 291 g/mol. The van der Waals surface area contributed by atoms with E-state index in [4.69, 9.17) is 4.74 Å². The van der Waals surface area contributed by atoms with Gasteiger partial charge in [0.05, 0.1) is 6.61 Å². The fourth-order valence-corrected chi connectivity index (χ4v) is 2.16. The summed E-state index contributed by atoms with van der Waals surface area (Å²) in [5.41, 5.74) is 0.685. The van der Waals surface area contributed by atoms with Gasteiger partial charge in [-0.3, -0.25) is 9.59 Å². The summed E-state index contributed by atoms with van der Waals surface area (Å²) in [4.78, 5) is 24.3. The molecule has 0 saturated heterocycles. The van der Waals surface area contributed by atoms with Gasteiger partial charge in [-0.2, -0.15) is 0 Å². The summed E-state index contributed by atoms with van der Waals surface area (Å²) in [5, 5.41) is 2.84. The second-order valence-electron chi connectivity index (χ2n) is 6.08. The zero-order valence-corrected chi connectivity index (χ0v) is 13.3. The van der Waals surface area contributed by atoms with Gasteiger partial charge in [-0.1, -0.05) is 51.1 Å². The van der Waals surface area contributed by atoms with Crippen molar-refractivity contribution in [3.63, 3.8) is 0 Å². The minimum Gasteiger partial charge on any atom is -0.465 e. The summed E-state index contributed by atoms with van der Waals surface area (Å²) in [7, 11) is 0. The molecule has 4 nitrogen and oxygen atoms in total. The van der Waals surface area contributed by atoms with Crippen LogP contribution in [0.15, 0.2) is 30.3 Å². The molecule has 116 valence electrons. The van der Waals surface area contributed by atoms with Crippen molar-refractivity contribution in [2.75, 3.05) is 13.2 Å². The summed E-state index contributed by atoms with van der Waals surface area (Å²) in [6.45, 7) is 8.13. The molecule has 0 fully saturated rings. The molecule has 1 unspecified atom stereocenters. The maximum atomic E-state index is 12.3. The maximum absolute atomic E-state index is 12.3. The van der Waals surface area contributed by atoms with Gasteiger partial charge in [0.25, 0.3) is 0 Å². The van der Waals surface area contributed by atoms with Gasteiger partial charge in [-0.05, 0) is 24.3 Å². The van der Waals surface area contributed by atoms with Crippen LogP contribution in [0.25, 0.3) is 0 Å². The maximum Gasteiger partial charge on any atom is 0.319 e. The van der Waals surface area contributed by atoms with E-state index in [0.717, 1.165) is 12.0 Å². The number of rotatable bonds is 6. The smallest absolute Gasteiger partial charge is 0.319 e. The summed E-state index contributed by atoms with van der Waals surface area (Å²) in [6.07, 6.45) is 0.742. The Morgan fingerprint density at radius 1 is 1.19 bits per heavy atom. The number of hydrogen-bond donors (Lipinski definition) is 1. The van der Waals surface area contributed by atoms with Crippen molar-refractivity contribution < 1.29 is 14.3 Å². The van der Waals surface area contributed by atoms with Crippen LogP contribution in [0, 0.1) is 11.3 Å². The molecule has 0 aliphatic heterocycles. The topological polar surface area (TPSA) is 55.4 Å². The average Bonchev–Trinajstić information content (AvgIpc) is 2.38. The normalized spacial score (nSPS) is 12.6. The third-order valence-corrected chi connectivity index (χ3v) is 3.21. The molecule has 0 bridgehead atoms. The molecule has 0 aliphatic carbocycles. The molecule has 4 heteroatoms. The van der Waals surface area contributed by atoms with Crippen molar-refractivity contribution in [1.29, 1.82) is 0 Å². The fourth-order valence-electron chi connectivity index (χ4n) is 2.16. The quantitative estimate of drug-likeness (QED) is 0.647. The molecule has 0 aliphatic rings. The first kappa shape index (κ1) is 17.2. The molecule has 0 aromatic heterocycles. The Bertz CT molecular complexity index is 463. The molecular formula is C17H25NO3. The predicted octanol–water partition coefficient (Wildman–Crippen LogP) is 2.57. The summed E-state index contributed by atoms with van der Waals surface area (Å²) < 4.78 is 5.02. The second kappa shape index (κ2) is 7.81. The number of esters is 1. The van der Waals surface area contributed by atoms with E-state index in [9.17, 15) is 9.59 Å². The average molecular weight is 291 g/mol. The fraction of sp³-hybridized carbons (Fsp3) is 0.529. The lowest BCUT2D eigenvalue weighted by atomic mass is 9.80. The molecule has 1 aromatic rings. The van der Waals surface area contributed by atoms with E-state index in [0.29, 0.717) is 6.54 Å². The van der Waals surface area contributed by atoms with Crippen LogP contribution in [0.1, 0.15) is 33.3 Å². The van der Waals surface area contributed by atoms with Crippen molar-refractivity contribution in [3.05, 3.63) is 35.9 Å². The lowest BCUT2D eigenvalue weighted by molar-refractivity contribution is -0.156. The standard InChI is InChI=1S/C17H25NO3/c1-5-21-16(20)14(17(2,3)4)15(19)18-12-11-13-9-7-6-8-10-13/h6-10,14H,5,11-12H2,1-4H3,(H,18,19). The Morgan fingerprint density at radius 2 is 1.81 bits per heavy atom. The molecule has 1 N–H and O–H groups in total. The number of hydrogen-bond acceptors (Lipinski definition) is 3. The number of benzene rings is 1. The third-order valence-electron chi connectivity index (χ3n) is 3.21. The molecule has 0 heterocycles. The highest BCUT2D eigenvalue weighted by molar-refractivity contribution is 5.98. The van der Waals surface area contributed by atoms with Crippen LogP contribution in [-0.4, -0.2) is 25.0 Å². The van der Waals surface area contributed by atoms with Gasteiger partial charge in [-0.15, -0.1) is 0 Å². The van der Waals surface area contributed by atoms with Gasteiger partial charge in [0.1, 0.15) is 5.92 Å². The van der Waals surface area contributed by atoms with Gasteiger partial charge in [-0.25, -0.2) is 0 Å². The molecule has 21 heavy (non-hydrogen) atoms. The van der Waals surface area contributed by atoms with Crippen LogP contribution in [0.4, 0.5) is 0 Å². The van der Waals surface area contributed by atoms with Gasteiger partial charge in [0, 0.05) is 6.54 Å². The number of ether oxygens (including phenoxy) is 1. The van der Waals surface area contributed by atoms with E-state index in [1.807, 2.05) is 51.1 Å². The SMILES string of the molecule is CCOC(=O)C(C(=O)NCCc1ccccc1)C(C)(C)C. The lowest BCUT2D eigenvalue weighted by Gasteiger charge is -2.27. The van der Waals surface area contributed by atoms with E-state index < -0.39 is 17.3 Å². The van der Waals surface area contributed by atoms with E-state index in [1.54, 1.807) is 6.92 Å². The van der Waals surface area contributed by atoms with Gasteiger partial charge in [0.2, 0.25) is 5.91 Å². The van der Waals surface area contributed by atoms with Crippen LogP contribution < -0.4 is 5.32 Å². The number of carbonyl (C=O) groups is 2. The molecule has 1 amide bonds. The Hall–Kier alpha value is -1.84. The molecule has 1 rings (SSSR count). The summed E-state index contributed by atoms with van der Waals surface area (Å²) in [5.74, 6) is -1.51. The Kier molecular flexibility index (Phi) is 6.40. The minimum absolute atomic E-state index is 0.267. The van der Waals surface area contributed by atoms with Crippen LogP contribution >= 0.6 is 0 Å². The van der Waals surface area contributed by atoms with Crippen LogP contribution in [-0.2, 0) is 20.7 Å². The highest BCUT2D eigenvalue weighted by Gasteiger charge is 2.38. The van der Waals surface area contributed by atoms with Crippen molar-refractivity contribution in [3.8, 4) is 0 Å². The van der Waals surface area contributed by atoms with E-state index >= 15 is 0 Å². The first-order valence-corrected chi connectivity index (χ1v) is 7.34. The van der Waals surface area contributed by atoms with E-state index in [1.165, 1.54) is 0 Å². The molecule has 0 spiro atoms. The highest BCUT2D eigenvalue weighted by Crippen LogP contribution is 2.27. The van der Waals surface area contributed by atoms with Crippen LogP contribution in [0.2, 0.25) is 0 Å². The van der Waals surface area contributed by atoms with Crippen molar-refractivity contribution in [2.24, 2.45) is 11.3 Å². The second-order valence-corrected chi connectivity index (χ2v) is 6.08. The highest BCUT2D eigenvalue weighted by atomic mass is 16.5. The zero-order valence-electron chi connectivity index (χ0n) is 13.3. The summed E-state index contributed by atoms with van der Waals surface area (Å²) >= 11 is 0. The third kappa shape index (κ3) is 5.58. The Labute approximate surface area is 126 Å². The first-order valence-electron chi connectivity index (χ1n) is 7.34. The molecular weight excluding hydrogens is 266 g/mol.